The molecule has 2 aromatic rings. The Kier molecular flexibility index (Phi) is 4.99. The first kappa shape index (κ1) is 16.5. The third-order valence-corrected chi connectivity index (χ3v) is 2.93. The van der Waals surface area contributed by atoms with E-state index in [1.807, 2.05) is 0 Å². The standard InChI is InChI=1S/C14H13F3N4O2/c15-14(16,17)10-1-6-13(20-9-10)19-8-7-18-11-2-4-12(5-3-11)21(22)23/h1-6,9,18H,7-8H2,(H,19,20). The van der Waals surface area contributed by atoms with E-state index in [0.717, 1.165) is 12.3 Å². The number of nitrogens with zero attached hydrogens (tertiary/aromatic N) is 2. The van der Waals surface area contributed by atoms with Crippen LogP contribution in [0.25, 0.3) is 0 Å². The lowest BCUT2D eigenvalue weighted by Crippen LogP contribution is -2.14. The van der Waals surface area contributed by atoms with Gasteiger partial charge in [-0.2, -0.15) is 13.2 Å². The summed E-state index contributed by atoms with van der Waals surface area (Å²) >= 11 is 0. The molecule has 6 nitrogen and oxygen atoms in total. The number of alkyl halides is 3. The number of pyridine rings is 1. The molecule has 0 amide bonds. The van der Waals surface area contributed by atoms with Crippen LogP contribution in [0, 0.1) is 10.1 Å². The highest BCUT2D eigenvalue weighted by Gasteiger charge is 2.30. The van der Waals surface area contributed by atoms with E-state index in [-0.39, 0.29) is 5.69 Å². The summed E-state index contributed by atoms with van der Waals surface area (Å²) in [6.07, 6.45) is -3.63. The maximum atomic E-state index is 12.4. The quantitative estimate of drug-likeness (QED) is 0.482. The average molecular weight is 326 g/mol. The third kappa shape index (κ3) is 4.83. The summed E-state index contributed by atoms with van der Waals surface area (Å²) < 4.78 is 37.1. The monoisotopic (exact) mass is 326 g/mol. The predicted octanol–water partition coefficient (Wildman–Crippen LogP) is 3.53. The second-order valence-corrected chi connectivity index (χ2v) is 4.59. The van der Waals surface area contributed by atoms with Gasteiger partial charge in [-0.3, -0.25) is 10.1 Å². The first-order chi connectivity index (χ1) is 10.9. The van der Waals surface area contributed by atoms with E-state index < -0.39 is 16.7 Å². The molecule has 0 fully saturated rings. The number of nitro benzene ring substituents is 1. The summed E-state index contributed by atoms with van der Waals surface area (Å²) in [6, 6.07) is 8.14. The van der Waals surface area contributed by atoms with Crippen LogP contribution < -0.4 is 10.6 Å². The van der Waals surface area contributed by atoms with Crippen LogP contribution in [0.2, 0.25) is 0 Å². The molecule has 1 aromatic heterocycles. The van der Waals surface area contributed by atoms with E-state index in [1.54, 1.807) is 12.1 Å². The zero-order chi connectivity index (χ0) is 16.9. The molecule has 1 heterocycles. The Bertz CT molecular complexity index is 657. The minimum absolute atomic E-state index is 0.00243. The summed E-state index contributed by atoms with van der Waals surface area (Å²) in [6.45, 7) is 0.899. The third-order valence-electron chi connectivity index (χ3n) is 2.93. The number of hydrogen-bond donors (Lipinski definition) is 2. The predicted molar refractivity (Wildman–Crippen MR) is 79.3 cm³/mol. The van der Waals surface area contributed by atoms with Crippen molar-refractivity contribution in [3.8, 4) is 0 Å². The van der Waals surface area contributed by atoms with Crippen molar-refractivity contribution in [2.24, 2.45) is 0 Å². The number of nitro groups is 1. The van der Waals surface area contributed by atoms with Crippen LogP contribution in [-0.4, -0.2) is 23.0 Å². The normalized spacial score (nSPS) is 11.1. The van der Waals surface area contributed by atoms with Crippen molar-refractivity contribution in [3.63, 3.8) is 0 Å². The van der Waals surface area contributed by atoms with Crippen molar-refractivity contribution in [3.05, 3.63) is 58.3 Å². The molecule has 0 aliphatic carbocycles. The molecule has 0 aliphatic rings. The maximum absolute atomic E-state index is 12.4. The number of anilines is 2. The summed E-state index contributed by atoms with van der Waals surface area (Å²) in [5.41, 5.74) is -0.0903. The molecule has 2 N–H and O–H groups in total. The van der Waals surface area contributed by atoms with Gasteiger partial charge in [0.05, 0.1) is 10.5 Å². The molecule has 0 saturated heterocycles. The zero-order valence-corrected chi connectivity index (χ0v) is 11.8. The molecule has 0 unspecified atom stereocenters. The van der Waals surface area contributed by atoms with E-state index in [2.05, 4.69) is 15.6 Å². The van der Waals surface area contributed by atoms with Crippen LogP contribution in [0.5, 0.6) is 0 Å². The fourth-order valence-corrected chi connectivity index (χ4v) is 1.76. The molecule has 1 aromatic carbocycles. The molecule has 122 valence electrons. The van der Waals surface area contributed by atoms with Crippen LogP contribution in [0.1, 0.15) is 5.56 Å². The second kappa shape index (κ2) is 6.95. The topological polar surface area (TPSA) is 80.1 Å². The highest BCUT2D eigenvalue weighted by molar-refractivity contribution is 5.48. The Labute approximate surface area is 129 Å². The first-order valence-electron chi connectivity index (χ1n) is 6.62. The van der Waals surface area contributed by atoms with Crippen molar-refractivity contribution in [2.75, 3.05) is 23.7 Å². The minimum Gasteiger partial charge on any atom is -0.383 e. The molecule has 2 rings (SSSR count). The van der Waals surface area contributed by atoms with Gasteiger partial charge < -0.3 is 10.6 Å². The summed E-state index contributed by atoms with van der Waals surface area (Å²) in [5, 5.41) is 16.4. The van der Waals surface area contributed by atoms with Crippen molar-refractivity contribution < 1.29 is 18.1 Å². The first-order valence-corrected chi connectivity index (χ1v) is 6.62. The fraction of sp³-hybridized carbons (Fsp3) is 0.214. The van der Waals surface area contributed by atoms with Gasteiger partial charge in [-0.05, 0) is 24.3 Å². The SMILES string of the molecule is O=[N+]([O-])c1ccc(NCCNc2ccc(C(F)(F)F)cn2)cc1. The van der Waals surface area contributed by atoms with Crippen LogP contribution in [0.15, 0.2) is 42.6 Å². The van der Waals surface area contributed by atoms with Gasteiger partial charge in [0.15, 0.2) is 0 Å². The van der Waals surface area contributed by atoms with Gasteiger partial charge in [0.2, 0.25) is 0 Å². The molecule has 0 bridgehead atoms. The number of non-ortho nitro benzene ring substituents is 1. The molecule has 0 atom stereocenters. The van der Waals surface area contributed by atoms with E-state index in [9.17, 15) is 23.3 Å². The number of benzene rings is 1. The Hall–Kier alpha value is -2.84. The number of nitrogens with one attached hydrogen (secondary N) is 2. The lowest BCUT2D eigenvalue weighted by atomic mass is 10.3. The number of hydrogen-bond acceptors (Lipinski definition) is 5. The van der Waals surface area contributed by atoms with Gasteiger partial charge in [-0.25, -0.2) is 4.98 Å². The van der Waals surface area contributed by atoms with Gasteiger partial charge in [0.1, 0.15) is 5.82 Å². The van der Waals surface area contributed by atoms with Crippen molar-refractivity contribution in [1.82, 2.24) is 4.98 Å². The number of rotatable bonds is 6. The molecular weight excluding hydrogens is 313 g/mol. The van der Waals surface area contributed by atoms with Crippen molar-refractivity contribution >= 4 is 17.2 Å². The molecule has 0 radical (unpaired) electrons. The fourth-order valence-electron chi connectivity index (χ4n) is 1.76. The highest BCUT2D eigenvalue weighted by atomic mass is 19.4. The largest absolute Gasteiger partial charge is 0.417 e. The smallest absolute Gasteiger partial charge is 0.383 e. The van der Waals surface area contributed by atoms with Gasteiger partial charge in [0.25, 0.3) is 5.69 Å². The molecule has 0 aliphatic heterocycles. The molecular formula is C14H13F3N4O2. The number of halogens is 3. The lowest BCUT2D eigenvalue weighted by molar-refractivity contribution is -0.384. The van der Waals surface area contributed by atoms with E-state index in [4.69, 9.17) is 0 Å². The summed E-state index contributed by atoms with van der Waals surface area (Å²) in [5.74, 6) is 0.337. The van der Waals surface area contributed by atoms with E-state index in [1.165, 1.54) is 18.2 Å². The lowest BCUT2D eigenvalue weighted by Gasteiger charge is -2.10. The molecule has 0 saturated carbocycles. The van der Waals surface area contributed by atoms with Gasteiger partial charge in [-0.15, -0.1) is 0 Å². The molecule has 9 heteroatoms. The van der Waals surface area contributed by atoms with Gasteiger partial charge in [0, 0.05) is 37.1 Å². The van der Waals surface area contributed by atoms with Crippen LogP contribution in [0.3, 0.4) is 0 Å². The Morgan fingerprint density at radius 3 is 2.22 bits per heavy atom. The summed E-state index contributed by atoms with van der Waals surface area (Å²) in [7, 11) is 0. The minimum atomic E-state index is -4.40. The van der Waals surface area contributed by atoms with Crippen molar-refractivity contribution in [2.45, 2.75) is 6.18 Å². The van der Waals surface area contributed by atoms with E-state index >= 15 is 0 Å². The maximum Gasteiger partial charge on any atom is 0.417 e. The van der Waals surface area contributed by atoms with Crippen molar-refractivity contribution in [1.29, 1.82) is 0 Å². The highest BCUT2D eigenvalue weighted by Crippen LogP contribution is 2.28. The Morgan fingerprint density at radius 1 is 1.04 bits per heavy atom. The second-order valence-electron chi connectivity index (χ2n) is 4.59. The van der Waals surface area contributed by atoms with Crippen LogP contribution in [-0.2, 0) is 6.18 Å². The number of aromatic nitrogens is 1. The van der Waals surface area contributed by atoms with Gasteiger partial charge >= 0.3 is 6.18 Å². The zero-order valence-electron chi connectivity index (χ0n) is 11.8. The Balaban J connectivity index is 1.78. The molecule has 0 spiro atoms. The molecule has 23 heavy (non-hydrogen) atoms. The average Bonchev–Trinajstić information content (AvgIpc) is 2.51. The van der Waals surface area contributed by atoms with Crippen LogP contribution in [0.4, 0.5) is 30.4 Å². The van der Waals surface area contributed by atoms with Crippen LogP contribution >= 0.6 is 0 Å². The van der Waals surface area contributed by atoms with Gasteiger partial charge in [-0.1, -0.05) is 0 Å². The summed E-state index contributed by atoms with van der Waals surface area (Å²) in [4.78, 5) is 13.7. The van der Waals surface area contributed by atoms with E-state index in [0.29, 0.717) is 24.6 Å². The Morgan fingerprint density at radius 2 is 1.70 bits per heavy atom.